The Kier molecular flexibility index (Phi) is 3.62. The second-order valence-corrected chi connectivity index (χ2v) is 5.26. The van der Waals surface area contributed by atoms with Gasteiger partial charge in [-0.05, 0) is 11.6 Å². The summed E-state index contributed by atoms with van der Waals surface area (Å²) in [6.45, 7) is 0.749. The molecule has 0 saturated heterocycles. The Balaban J connectivity index is 1.97. The van der Waals surface area contributed by atoms with Crippen LogP contribution >= 0.6 is 22.9 Å². The summed E-state index contributed by atoms with van der Waals surface area (Å²) < 4.78 is 1.91. The van der Waals surface area contributed by atoms with Crippen LogP contribution in [0.5, 0.6) is 0 Å². The predicted octanol–water partition coefficient (Wildman–Crippen LogP) is 3.79. The van der Waals surface area contributed by atoms with E-state index in [2.05, 4.69) is 22.2 Å². The number of benzene rings is 1. The fourth-order valence-electron chi connectivity index (χ4n) is 1.93. The number of hydrogen-bond donors (Lipinski definition) is 0. The number of rotatable bonds is 4. The fourth-order valence-corrected chi connectivity index (χ4v) is 3.04. The van der Waals surface area contributed by atoms with E-state index >= 15 is 0 Å². The third-order valence-corrected chi connectivity index (χ3v) is 4.03. The van der Waals surface area contributed by atoms with Crippen molar-refractivity contribution in [3.05, 3.63) is 59.4 Å². The zero-order chi connectivity index (χ0) is 13.1. The van der Waals surface area contributed by atoms with Gasteiger partial charge in [0.1, 0.15) is 5.01 Å². The van der Waals surface area contributed by atoms with Gasteiger partial charge in [-0.3, -0.25) is 4.68 Å². The highest BCUT2D eigenvalue weighted by molar-refractivity contribution is 7.13. The van der Waals surface area contributed by atoms with Crippen LogP contribution < -0.4 is 0 Å². The Morgan fingerprint density at radius 2 is 2.11 bits per heavy atom. The lowest BCUT2D eigenvalue weighted by Crippen LogP contribution is -2.01. The Morgan fingerprint density at radius 3 is 2.84 bits per heavy atom. The first-order valence-electron chi connectivity index (χ1n) is 5.93. The first-order valence-corrected chi connectivity index (χ1v) is 7.34. The highest BCUT2D eigenvalue weighted by Crippen LogP contribution is 2.28. The van der Waals surface area contributed by atoms with Crippen molar-refractivity contribution >= 4 is 22.9 Å². The van der Waals surface area contributed by atoms with Crippen molar-refractivity contribution in [1.82, 2.24) is 14.8 Å². The van der Waals surface area contributed by atoms with Crippen molar-refractivity contribution in [1.29, 1.82) is 0 Å². The van der Waals surface area contributed by atoms with E-state index < -0.39 is 0 Å². The Labute approximate surface area is 120 Å². The van der Waals surface area contributed by atoms with Crippen LogP contribution in [0.4, 0.5) is 0 Å². The molecule has 0 spiro atoms. The second-order valence-electron chi connectivity index (χ2n) is 4.14. The van der Waals surface area contributed by atoms with Gasteiger partial charge >= 0.3 is 0 Å². The molecule has 0 bridgehead atoms. The molecule has 5 heteroatoms. The number of hydrogen-bond acceptors (Lipinski definition) is 3. The van der Waals surface area contributed by atoms with Crippen molar-refractivity contribution in [2.24, 2.45) is 0 Å². The summed E-state index contributed by atoms with van der Waals surface area (Å²) in [5, 5.41) is 7.27. The van der Waals surface area contributed by atoms with Crippen LogP contribution in [-0.4, -0.2) is 14.8 Å². The van der Waals surface area contributed by atoms with Crippen LogP contribution in [0.2, 0.25) is 0 Å². The number of alkyl halides is 1. The summed E-state index contributed by atoms with van der Waals surface area (Å²) in [5.74, 6) is 0.456. The minimum atomic E-state index is 0.456. The van der Waals surface area contributed by atoms with Gasteiger partial charge in [-0.1, -0.05) is 24.3 Å². The van der Waals surface area contributed by atoms with Crippen LogP contribution in [0.1, 0.15) is 11.3 Å². The molecule has 19 heavy (non-hydrogen) atoms. The van der Waals surface area contributed by atoms with Crippen molar-refractivity contribution in [2.45, 2.75) is 12.4 Å². The first kappa shape index (κ1) is 12.4. The van der Waals surface area contributed by atoms with Crippen molar-refractivity contribution in [3.8, 4) is 10.6 Å². The summed E-state index contributed by atoms with van der Waals surface area (Å²) in [6, 6.07) is 10.2. The summed E-state index contributed by atoms with van der Waals surface area (Å²) in [6.07, 6.45) is 3.75. The summed E-state index contributed by atoms with van der Waals surface area (Å²) in [4.78, 5) is 4.55. The molecule has 0 atom stereocenters. The third kappa shape index (κ3) is 2.69. The molecular formula is C14H12ClN3S. The quantitative estimate of drug-likeness (QED) is 0.684. The van der Waals surface area contributed by atoms with E-state index in [9.17, 15) is 0 Å². The van der Waals surface area contributed by atoms with Gasteiger partial charge in [0.15, 0.2) is 0 Å². The molecule has 0 radical (unpaired) electrons. The molecule has 0 aliphatic rings. The molecule has 0 aliphatic carbocycles. The largest absolute Gasteiger partial charge is 0.268 e. The normalized spacial score (nSPS) is 10.8. The lowest BCUT2D eigenvalue weighted by molar-refractivity contribution is 0.688. The van der Waals surface area contributed by atoms with Crippen LogP contribution in [0.25, 0.3) is 10.6 Å². The Bertz CT molecular complexity index is 661. The maximum absolute atomic E-state index is 5.81. The fraction of sp³-hybridized carbons (Fsp3) is 0.143. The van der Waals surface area contributed by atoms with Crippen LogP contribution in [0.15, 0.2) is 48.1 Å². The van der Waals surface area contributed by atoms with E-state index in [1.54, 1.807) is 17.5 Å². The van der Waals surface area contributed by atoms with Gasteiger partial charge in [-0.2, -0.15) is 5.10 Å². The van der Waals surface area contributed by atoms with Gasteiger partial charge in [0.05, 0.1) is 18.1 Å². The lowest BCUT2D eigenvalue weighted by Gasteiger charge is -2.07. The smallest absolute Gasteiger partial charge is 0.124 e. The highest BCUT2D eigenvalue weighted by Gasteiger charge is 2.09. The molecule has 3 aromatic rings. The zero-order valence-corrected chi connectivity index (χ0v) is 11.7. The summed E-state index contributed by atoms with van der Waals surface area (Å²) in [5.41, 5.74) is 3.29. The molecule has 0 saturated carbocycles. The van der Waals surface area contributed by atoms with Gasteiger partial charge in [0, 0.05) is 23.3 Å². The number of nitrogens with zero attached hydrogens (tertiary/aromatic N) is 3. The van der Waals surface area contributed by atoms with Crippen molar-refractivity contribution in [3.63, 3.8) is 0 Å². The molecule has 0 N–H and O–H groups in total. The molecule has 0 unspecified atom stereocenters. The topological polar surface area (TPSA) is 30.7 Å². The average Bonchev–Trinajstić information content (AvgIpc) is 3.10. The molecule has 0 amide bonds. The number of aromatic nitrogens is 3. The van der Waals surface area contributed by atoms with Crippen LogP contribution in [0.3, 0.4) is 0 Å². The van der Waals surface area contributed by atoms with E-state index in [1.807, 2.05) is 34.5 Å². The van der Waals surface area contributed by atoms with E-state index in [0.717, 1.165) is 22.8 Å². The van der Waals surface area contributed by atoms with Gasteiger partial charge < -0.3 is 0 Å². The third-order valence-electron chi connectivity index (χ3n) is 2.83. The molecule has 1 aromatic carbocycles. The van der Waals surface area contributed by atoms with E-state index in [4.69, 9.17) is 11.6 Å². The monoisotopic (exact) mass is 289 g/mol. The number of thiazole rings is 1. The minimum Gasteiger partial charge on any atom is -0.268 e. The first-order chi connectivity index (χ1) is 9.36. The van der Waals surface area contributed by atoms with E-state index in [-0.39, 0.29) is 0 Å². The molecule has 2 aromatic heterocycles. The highest BCUT2D eigenvalue weighted by atomic mass is 35.5. The van der Waals surface area contributed by atoms with Crippen LogP contribution in [0, 0.1) is 0 Å². The summed E-state index contributed by atoms with van der Waals surface area (Å²) >= 11 is 7.44. The Morgan fingerprint density at radius 1 is 1.21 bits per heavy atom. The average molecular weight is 290 g/mol. The Hall–Kier alpha value is -1.65. The molecule has 96 valence electrons. The standard InChI is InChI=1S/C14H12ClN3S/c15-8-12-10-19-14(17-12)13-5-2-1-4-11(13)9-18-7-3-6-16-18/h1-7,10H,8-9H2. The van der Waals surface area contributed by atoms with Crippen molar-refractivity contribution in [2.75, 3.05) is 0 Å². The second kappa shape index (κ2) is 5.55. The molecular weight excluding hydrogens is 278 g/mol. The number of halogens is 1. The molecule has 3 rings (SSSR count). The molecule has 2 heterocycles. The predicted molar refractivity (Wildman–Crippen MR) is 78.4 cm³/mol. The van der Waals surface area contributed by atoms with Crippen LogP contribution in [-0.2, 0) is 12.4 Å². The van der Waals surface area contributed by atoms with Gasteiger partial charge in [0.2, 0.25) is 0 Å². The molecule has 0 aliphatic heterocycles. The summed E-state index contributed by atoms with van der Waals surface area (Å²) in [7, 11) is 0. The SMILES string of the molecule is ClCc1csc(-c2ccccc2Cn2cccn2)n1. The lowest BCUT2D eigenvalue weighted by atomic mass is 10.1. The maximum atomic E-state index is 5.81. The maximum Gasteiger partial charge on any atom is 0.124 e. The van der Waals surface area contributed by atoms with E-state index in [0.29, 0.717) is 5.88 Å². The molecule has 0 fully saturated rings. The zero-order valence-electron chi connectivity index (χ0n) is 10.2. The van der Waals surface area contributed by atoms with Gasteiger partial charge in [-0.15, -0.1) is 22.9 Å². The van der Waals surface area contributed by atoms with Gasteiger partial charge in [-0.25, -0.2) is 4.98 Å². The molecule has 3 nitrogen and oxygen atoms in total. The van der Waals surface area contributed by atoms with Gasteiger partial charge in [0.25, 0.3) is 0 Å². The minimum absolute atomic E-state index is 0.456. The van der Waals surface area contributed by atoms with Crippen molar-refractivity contribution < 1.29 is 0 Å². The van der Waals surface area contributed by atoms with E-state index in [1.165, 1.54) is 5.56 Å².